The van der Waals surface area contributed by atoms with Crippen LogP contribution in [0.25, 0.3) is 33.1 Å². The molecule has 188 valence electrons. The summed E-state index contributed by atoms with van der Waals surface area (Å²) in [4.78, 5) is 14.7. The molecule has 9 heteroatoms. The van der Waals surface area contributed by atoms with Crippen LogP contribution in [0, 0.1) is 41.5 Å². The molecule has 0 bridgehead atoms. The molecule has 3 heterocycles. The van der Waals surface area contributed by atoms with E-state index in [0.29, 0.717) is 15.1 Å². The van der Waals surface area contributed by atoms with Gasteiger partial charge in [-0.25, -0.2) is 15.0 Å². The Hall–Kier alpha value is -3.06. The summed E-state index contributed by atoms with van der Waals surface area (Å²) in [6, 6.07) is 12.1. The number of hydrogen-bond acceptors (Lipinski definition) is 3. The molecule has 0 unspecified atom stereocenters. The number of benzene rings is 3. The molecule has 3 aromatic carbocycles. The van der Waals surface area contributed by atoms with Gasteiger partial charge in [-0.2, -0.15) is 0 Å². The summed E-state index contributed by atoms with van der Waals surface area (Å²) < 4.78 is 6.69. The molecule has 0 atom stereocenters. The molecule has 0 spiro atoms. The van der Waals surface area contributed by atoms with Crippen molar-refractivity contribution in [2.45, 2.75) is 47.8 Å². The average molecular weight is 552 g/mol. The Bertz CT molecular complexity index is 1670. The zero-order valence-electron chi connectivity index (χ0n) is 21.4. The van der Waals surface area contributed by atoms with E-state index < -0.39 is 0 Å². The maximum Gasteiger partial charge on any atom is 0.197 e. The second-order valence-corrected chi connectivity index (χ2v) is 10.9. The highest BCUT2D eigenvalue weighted by molar-refractivity contribution is 6.32. The smallest absolute Gasteiger partial charge is 0.197 e. The highest BCUT2D eigenvalue weighted by Gasteiger charge is 2.28. The summed E-state index contributed by atoms with van der Waals surface area (Å²) in [5.74, 6) is 2.54. The van der Waals surface area contributed by atoms with Crippen molar-refractivity contribution in [2.75, 3.05) is 0 Å². The first-order chi connectivity index (χ1) is 17.5. The van der Waals surface area contributed by atoms with Crippen molar-refractivity contribution in [3.8, 4) is 0 Å². The number of aromatic nitrogens is 6. The molecule has 3 aromatic heterocycles. The van der Waals surface area contributed by atoms with Crippen molar-refractivity contribution in [3.05, 3.63) is 85.6 Å². The number of rotatable bonds is 3. The van der Waals surface area contributed by atoms with Crippen LogP contribution >= 0.6 is 34.8 Å². The molecule has 6 aromatic rings. The fourth-order valence-electron chi connectivity index (χ4n) is 5.24. The van der Waals surface area contributed by atoms with Crippen LogP contribution in [0.4, 0.5) is 0 Å². The molecule has 0 N–H and O–H groups in total. The Kier molecular flexibility index (Phi) is 5.57. The van der Waals surface area contributed by atoms with Crippen molar-refractivity contribution < 1.29 is 0 Å². The summed E-state index contributed by atoms with van der Waals surface area (Å²) in [5.41, 5.74) is 8.38. The molecule has 37 heavy (non-hydrogen) atoms. The van der Waals surface area contributed by atoms with E-state index >= 15 is 0 Å². The standard InChI is InChI=1S/C28H25Cl3N6/c1-13-7-25-22(10-19(13)29)32-16(4)35(25)28(36-17(5)33-23-11-20(30)14(2)8-26(23)36)37-18(6)34-24-12-21(31)15(3)9-27(24)37/h7-12,28H,1-6H3. The van der Waals surface area contributed by atoms with E-state index in [9.17, 15) is 0 Å². The van der Waals surface area contributed by atoms with Gasteiger partial charge in [0.2, 0.25) is 0 Å². The Labute approximate surface area is 229 Å². The minimum absolute atomic E-state index is 0.387. The van der Waals surface area contributed by atoms with Gasteiger partial charge >= 0.3 is 0 Å². The number of hydrogen-bond donors (Lipinski definition) is 0. The van der Waals surface area contributed by atoms with E-state index in [0.717, 1.165) is 67.3 Å². The van der Waals surface area contributed by atoms with Crippen LogP contribution in [-0.4, -0.2) is 28.7 Å². The quantitative estimate of drug-likeness (QED) is 0.223. The summed E-state index contributed by atoms with van der Waals surface area (Å²) in [7, 11) is 0. The van der Waals surface area contributed by atoms with Crippen LogP contribution in [0.3, 0.4) is 0 Å². The largest absolute Gasteiger partial charge is 0.288 e. The first kappa shape index (κ1) is 24.3. The zero-order chi connectivity index (χ0) is 26.3. The fraction of sp³-hybridized carbons (Fsp3) is 0.250. The van der Waals surface area contributed by atoms with E-state index in [2.05, 4.69) is 31.9 Å². The van der Waals surface area contributed by atoms with Gasteiger partial charge < -0.3 is 0 Å². The molecule has 0 fully saturated rings. The third-order valence-corrected chi connectivity index (χ3v) is 8.35. The molecule has 0 amide bonds. The molecular formula is C28H25Cl3N6. The second kappa shape index (κ2) is 8.48. The summed E-state index contributed by atoms with van der Waals surface area (Å²) in [6.07, 6.45) is -0.387. The van der Waals surface area contributed by atoms with E-state index in [1.54, 1.807) is 0 Å². The SMILES string of the molecule is Cc1cc2c(cc1Cl)nc(C)n2C(n1c(C)nc2cc(Cl)c(C)cc21)n1c(C)nc2cc(Cl)c(C)cc21. The predicted molar refractivity (Wildman–Crippen MR) is 152 cm³/mol. The topological polar surface area (TPSA) is 53.5 Å². The van der Waals surface area contributed by atoms with Gasteiger partial charge in [-0.1, -0.05) is 34.8 Å². The average Bonchev–Trinajstić information content (AvgIpc) is 3.41. The van der Waals surface area contributed by atoms with Gasteiger partial charge in [0.1, 0.15) is 17.5 Å². The summed E-state index contributed by atoms with van der Waals surface area (Å²) in [6.45, 7) is 12.1. The third-order valence-electron chi connectivity index (χ3n) is 7.13. The van der Waals surface area contributed by atoms with Crippen LogP contribution in [0.1, 0.15) is 40.5 Å². The van der Waals surface area contributed by atoms with E-state index in [1.807, 2.05) is 59.7 Å². The predicted octanol–water partition coefficient (Wildman–Crippen LogP) is 8.10. The minimum Gasteiger partial charge on any atom is -0.288 e. The van der Waals surface area contributed by atoms with Crippen LogP contribution in [0.5, 0.6) is 0 Å². The number of imidazole rings is 3. The molecule has 0 saturated carbocycles. The Morgan fingerprint density at radius 1 is 0.486 bits per heavy atom. The lowest BCUT2D eigenvalue weighted by atomic mass is 10.2. The van der Waals surface area contributed by atoms with Crippen LogP contribution in [0.15, 0.2) is 36.4 Å². The highest BCUT2D eigenvalue weighted by atomic mass is 35.5. The van der Waals surface area contributed by atoms with E-state index in [-0.39, 0.29) is 6.29 Å². The summed E-state index contributed by atoms with van der Waals surface area (Å²) in [5, 5.41) is 2.08. The number of halogens is 3. The second-order valence-electron chi connectivity index (χ2n) is 9.70. The highest BCUT2D eigenvalue weighted by Crippen LogP contribution is 2.35. The van der Waals surface area contributed by atoms with Crippen molar-refractivity contribution in [1.29, 1.82) is 0 Å². The zero-order valence-corrected chi connectivity index (χ0v) is 23.6. The van der Waals surface area contributed by atoms with Crippen LogP contribution in [0.2, 0.25) is 15.1 Å². The monoisotopic (exact) mass is 550 g/mol. The Morgan fingerprint density at radius 2 is 0.757 bits per heavy atom. The van der Waals surface area contributed by atoms with Crippen molar-refractivity contribution >= 4 is 67.9 Å². The first-order valence-corrected chi connectivity index (χ1v) is 13.1. The molecule has 6 rings (SSSR count). The van der Waals surface area contributed by atoms with Crippen LogP contribution in [-0.2, 0) is 0 Å². The lowest BCUT2D eigenvalue weighted by Gasteiger charge is -2.28. The lowest BCUT2D eigenvalue weighted by Crippen LogP contribution is -2.28. The fourth-order valence-corrected chi connectivity index (χ4v) is 5.72. The maximum atomic E-state index is 6.49. The summed E-state index contributed by atoms with van der Waals surface area (Å²) >= 11 is 19.5. The number of aryl methyl sites for hydroxylation is 6. The molecular weight excluding hydrogens is 527 g/mol. The maximum absolute atomic E-state index is 6.49. The van der Waals surface area contributed by atoms with Crippen molar-refractivity contribution in [3.63, 3.8) is 0 Å². The number of fused-ring (bicyclic) bond motifs is 3. The van der Waals surface area contributed by atoms with Gasteiger partial charge in [-0.15, -0.1) is 0 Å². The van der Waals surface area contributed by atoms with E-state index in [1.165, 1.54) is 0 Å². The molecule has 6 nitrogen and oxygen atoms in total. The van der Waals surface area contributed by atoms with Gasteiger partial charge in [0.25, 0.3) is 0 Å². The molecule has 0 aliphatic heterocycles. The van der Waals surface area contributed by atoms with Gasteiger partial charge in [0.15, 0.2) is 6.29 Å². The Balaban J connectivity index is 1.79. The minimum atomic E-state index is -0.387. The number of nitrogens with zero attached hydrogens (tertiary/aromatic N) is 6. The van der Waals surface area contributed by atoms with E-state index in [4.69, 9.17) is 49.8 Å². The van der Waals surface area contributed by atoms with Crippen molar-refractivity contribution in [1.82, 2.24) is 28.7 Å². The lowest BCUT2D eigenvalue weighted by molar-refractivity contribution is 0.375. The van der Waals surface area contributed by atoms with Crippen LogP contribution < -0.4 is 0 Å². The van der Waals surface area contributed by atoms with Gasteiger partial charge in [-0.3, -0.25) is 13.7 Å². The third kappa shape index (κ3) is 3.65. The molecule has 0 aliphatic carbocycles. The van der Waals surface area contributed by atoms with Gasteiger partial charge in [-0.05, 0) is 94.6 Å². The normalized spacial score (nSPS) is 12.2. The Morgan fingerprint density at radius 3 is 1.03 bits per heavy atom. The first-order valence-electron chi connectivity index (χ1n) is 12.0. The molecule has 0 radical (unpaired) electrons. The van der Waals surface area contributed by atoms with Gasteiger partial charge in [0, 0.05) is 15.1 Å². The molecule has 0 saturated heterocycles. The van der Waals surface area contributed by atoms with Gasteiger partial charge in [0.05, 0.1) is 33.1 Å². The molecule has 0 aliphatic rings. The van der Waals surface area contributed by atoms with Crippen molar-refractivity contribution in [2.24, 2.45) is 0 Å².